The largest absolute Gasteiger partial charge is 0.481 e. The Kier molecular flexibility index (Phi) is 6.94. The minimum Gasteiger partial charge on any atom is -0.481 e. The van der Waals surface area contributed by atoms with Crippen LogP contribution in [-0.4, -0.2) is 51.0 Å². The van der Waals surface area contributed by atoms with Gasteiger partial charge in [0.05, 0.1) is 0 Å². The van der Waals surface area contributed by atoms with Crippen LogP contribution < -0.4 is 11.5 Å². The average Bonchev–Trinajstić information content (AvgIpc) is 2.31. The lowest BCUT2D eigenvalue weighted by atomic mass is 9.73. The van der Waals surface area contributed by atoms with E-state index in [1.807, 2.05) is 0 Å². The van der Waals surface area contributed by atoms with E-state index in [-0.39, 0.29) is 0 Å². The molecule has 10 nitrogen and oxygen atoms in total. The van der Waals surface area contributed by atoms with Gasteiger partial charge in [-0.15, -0.1) is 0 Å². The third kappa shape index (κ3) is 5.67. The average molecular weight is 376 g/mol. The van der Waals surface area contributed by atoms with Crippen molar-refractivity contribution < 1.29 is 38.9 Å². The molecule has 0 aromatic rings. The molecule has 0 aliphatic carbocycles. The highest BCUT2D eigenvalue weighted by Crippen LogP contribution is 2.36. The molecule has 0 aromatic carbocycles. The molecule has 6 N–H and O–H groups in total. The van der Waals surface area contributed by atoms with Crippen LogP contribution in [0.15, 0.2) is 0 Å². The number of carbonyl (C=O) groups is 4. The number of esters is 2. The lowest BCUT2D eigenvalue weighted by Gasteiger charge is -2.40. The molecule has 0 saturated carbocycles. The molecule has 0 aliphatic rings. The lowest BCUT2D eigenvalue weighted by Crippen LogP contribution is -2.73. The number of hydrogen-bond acceptors (Lipinski definition) is 8. The topological polar surface area (TPSA) is 179 Å². The fraction of sp³-hybridized carbons (Fsp3) is 0.750. The van der Waals surface area contributed by atoms with Crippen LogP contribution in [0.5, 0.6) is 0 Å². The lowest BCUT2D eigenvalue weighted by molar-refractivity contribution is -0.198. The van der Waals surface area contributed by atoms with Gasteiger partial charge in [0.2, 0.25) is 0 Å². The number of carboxylic acid groups (broad SMARTS) is 2. The number of carboxylic acids is 2. The molecule has 26 heavy (non-hydrogen) atoms. The predicted octanol–water partition coefficient (Wildman–Crippen LogP) is 0.219. The van der Waals surface area contributed by atoms with Crippen LogP contribution >= 0.6 is 0 Å². The summed E-state index contributed by atoms with van der Waals surface area (Å²) in [6.45, 7) is 8.74. The monoisotopic (exact) mass is 376 g/mol. The van der Waals surface area contributed by atoms with Crippen LogP contribution in [0.1, 0.15) is 54.4 Å². The summed E-state index contributed by atoms with van der Waals surface area (Å²) in [4.78, 5) is 48.4. The van der Waals surface area contributed by atoms with Gasteiger partial charge < -0.3 is 31.2 Å². The van der Waals surface area contributed by atoms with Crippen molar-refractivity contribution in [1.29, 1.82) is 0 Å². The van der Waals surface area contributed by atoms with E-state index in [1.165, 1.54) is 41.5 Å². The van der Waals surface area contributed by atoms with Crippen molar-refractivity contribution in [3.05, 3.63) is 0 Å². The molecular weight excluding hydrogens is 348 g/mol. The molecule has 0 aliphatic heterocycles. The van der Waals surface area contributed by atoms with Crippen molar-refractivity contribution in [2.45, 2.75) is 71.2 Å². The SMILES string of the molecule is CC(C)(C)OC(=O)C(C(=O)O)(C(=O)OC(C)(C)C)C(N)(N)CCC(=O)O. The standard InChI is InChI=1S/C16H28N2O8/c1-13(2,3)25-11(23)16(10(21)22,12(24)26-14(4,5)6)15(17,18)8-7-9(19)20/h7-8,17-18H2,1-6H3,(H,19,20)(H,21,22). The molecule has 0 fully saturated rings. The van der Waals surface area contributed by atoms with Crippen LogP contribution in [0.25, 0.3) is 0 Å². The van der Waals surface area contributed by atoms with Gasteiger partial charge in [-0.2, -0.15) is 0 Å². The molecule has 0 bridgehead atoms. The maximum atomic E-state index is 12.7. The molecule has 0 unspecified atom stereocenters. The molecule has 150 valence electrons. The first-order valence-corrected chi connectivity index (χ1v) is 7.86. The molecule has 10 heteroatoms. The van der Waals surface area contributed by atoms with Crippen molar-refractivity contribution in [2.24, 2.45) is 16.9 Å². The summed E-state index contributed by atoms with van der Waals surface area (Å²) < 4.78 is 10.1. The molecule has 0 saturated heterocycles. The van der Waals surface area contributed by atoms with Gasteiger partial charge in [0, 0.05) is 6.42 Å². The molecule has 0 heterocycles. The number of nitrogens with two attached hydrogens (primary N) is 2. The summed E-state index contributed by atoms with van der Waals surface area (Å²) in [5.74, 6) is -6.38. The highest BCUT2D eigenvalue weighted by molar-refractivity contribution is 6.19. The Balaban J connectivity index is 6.42. The van der Waals surface area contributed by atoms with Crippen LogP contribution in [0.2, 0.25) is 0 Å². The first-order valence-electron chi connectivity index (χ1n) is 7.86. The fourth-order valence-electron chi connectivity index (χ4n) is 2.05. The van der Waals surface area contributed by atoms with Crippen molar-refractivity contribution in [1.82, 2.24) is 0 Å². The zero-order valence-electron chi connectivity index (χ0n) is 15.9. The van der Waals surface area contributed by atoms with Crippen molar-refractivity contribution in [3.8, 4) is 0 Å². The summed E-state index contributed by atoms with van der Waals surface area (Å²) >= 11 is 0. The molecule has 0 aromatic heterocycles. The molecule has 0 spiro atoms. The minimum absolute atomic E-state index is 0.673. The second-order valence-corrected chi connectivity index (χ2v) is 7.99. The third-order valence-corrected chi connectivity index (χ3v) is 3.18. The Labute approximate surface area is 151 Å². The van der Waals surface area contributed by atoms with E-state index >= 15 is 0 Å². The normalized spacial score (nSPS) is 13.1. The van der Waals surface area contributed by atoms with Crippen LogP contribution in [0.3, 0.4) is 0 Å². The second-order valence-electron chi connectivity index (χ2n) is 7.99. The number of aliphatic carboxylic acids is 2. The molecular formula is C16H28N2O8. The zero-order valence-corrected chi connectivity index (χ0v) is 15.9. The Morgan fingerprint density at radius 1 is 0.808 bits per heavy atom. The Morgan fingerprint density at radius 3 is 1.38 bits per heavy atom. The Morgan fingerprint density at radius 2 is 1.15 bits per heavy atom. The maximum absolute atomic E-state index is 12.7. The maximum Gasteiger partial charge on any atom is 0.339 e. The summed E-state index contributed by atoms with van der Waals surface area (Å²) in [5.41, 5.74) is 3.57. The molecule has 0 radical (unpaired) electrons. The Bertz CT molecular complexity index is 556. The van der Waals surface area contributed by atoms with Gasteiger partial charge >= 0.3 is 23.9 Å². The minimum atomic E-state index is -3.15. The van der Waals surface area contributed by atoms with E-state index in [4.69, 9.17) is 26.0 Å². The summed E-state index contributed by atoms with van der Waals surface area (Å²) in [6, 6.07) is 0. The van der Waals surface area contributed by atoms with Crippen molar-refractivity contribution >= 4 is 23.9 Å². The molecule has 0 atom stereocenters. The van der Waals surface area contributed by atoms with Gasteiger partial charge in [0.25, 0.3) is 5.41 Å². The highest BCUT2D eigenvalue weighted by atomic mass is 16.6. The van der Waals surface area contributed by atoms with Gasteiger partial charge in [-0.25, -0.2) is 0 Å². The van der Waals surface area contributed by atoms with Gasteiger partial charge in [-0.3, -0.25) is 19.2 Å². The van der Waals surface area contributed by atoms with Crippen LogP contribution in [0, 0.1) is 5.41 Å². The third-order valence-electron chi connectivity index (χ3n) is 3.18. The van der Waals surface area contributed by atoms with Crippen LogP contribution in [-0.2, 0) is 28.7 Å². The van der Waals surface area contributed by atoms with E-state index in [0.717, 1.165) is 0 Å². The van der Waals surface area contributed by atoms with E-state index in [9.17, 15) is 24.3 Å². The van der Waals surface area contributed by atoms with E-state index in [1.54, 1.807) is 0 Å². The van der Waals surface area contributed by atoms with Gasteiger partial charge in [0.1, 0.15) is 16.9 Å². The second kappa shape index (κ2) is 7.58. The first-order chi connectivity index (χ1) is 11.4. The highest BCUT2D eigenvalue weighted by Gasteiger charge is 2.68. The first kappa shape index (κ1) is 23.8. The van der Waals surface area contributed by atoms with E-state index in [2.05, 4.69) is 0 Å². The summed E-state index contributed by atoms with van der Waals surface area (Å²) in [7, 11) is 0. The zero-order chi connectivity index (χ0) is 21.1. The van der Waals surface area contributed by atoms with Gasteiger partial charge in [-0.05, 0) is 48.0 Å². The molecule has 0 rings (SSSR count). The quantitative estimate of drug-likeness (QED) is 0.273. The van der Waals surface area contributed by atoms with Gasteiger partial charge in [-0.1, -0.05) is 0 Å². The smallest absolute Gasteiger partial charge is 0.339 e. The Hall–Kier alpha value is -2.20. The van der Waals surface area contributed by atoms with Crippen LogP contribution in [0.4, 0.5) is 0 Å². The van der Waals surface area contributed by atoms with Crippen molar-refractivity contribution in [3.63, 3.8) is 0 Å². The fourth-order valence-corrected chi connectivity index (χ4v) is 2.05. The van der Waals surface area contributed by atoms with E-state index < -0.39 is 59.0 Å². The summed E-state index contributed by atoms with van der Waals surface area (Å²) in [6.07, 6.45) is -1.36. The summed E-state index contributed by atoms with van der Waals surface area (Å²) in [5, 5.41) is 18.6. The predicted molar refractivity (Wildman–Crippen MR) is 89.7 cm³/mol. The molecule has 0 amide bonds. The van der Waals surface area contributed by atoms with Crippen molar-refractivity contribution in [2.75, 3.05) is 0 Å². The number of rotatable bonds is 7. The number of ether oxygens (including phenoxy) is 2. The number of hydrogen-bond donors (Lipinski definition) is 4. The number of carbonyl (C=O) groups excluding carboxylic acids is 2. The van der Waals surface area contributed by atoms with Gasteiger partial charge in [0.15, 0.2) is 0 Å². The van der Waals surface area contributed by atoms with E-state index in [0.29, 0.717) is 0 Å².